The molecular weight excluding hydrogens is 458 g/mol. The number of pyridine rings is 1. The Hall–Kier alpha value is -3.18. The summed E-state index contributed by atoms with van der Waals surface area (Å²) in [6.07, 6.45) is 2.53. The fourth-order valence-electron chi connectivity index (χ4n) is 3.81. The van der Waals surface area contributed by atoms with E-state index in [2.05, 4.69) is 15.3 Å². The molecule has 0 fully saturated rings. The molecule has 2 aromatic rings. The first kappa shape index (κ1) is 25.4. The maximum Gasteiger partial charge on any atom is 0.304 e. The minimum atomic E-state index is -3.73. The second kappa shape index (κ2) is 11.3. The van der Waals surface area contributed by atoms with Gasteiger partial charge in [0.1, 0.15) is 11.6 Å². The maximum atomic E-state index is 12.7. The molecule has 184 valence electrons. The van der Waals surface area contributed by atoms with Crippen molar-refractivity contribution in [1.29, 1.82) is 0 Å². The Morgan fingerprint density at radius 1 is 1.26 bits per heavy atom. The topological polar surface area (TPSA) is 124 Å². The summed E-state index contributed by atoms with van der Waals surface area (Å²) in [6.45, 7) is 0.988. The van der Waals surface area contributed by atoms with Crippen LogP contribution in [0.1, 0.15) is 17.7 Å². The Morgan fingerprint density at radius 3 is 2.65 bits per heavy atom. The molecular formula is C23H31N5O5S. The molecule has 0 saturated carbocycles. The molecule has 2 N–H and O–H groups in total. The van der Waals surface area contributed by atoms with Crippen molar-refractivity contribution >= 4 is 27.7 Å². The van der Waals surface area contributed by atoms with Gasteiger partial charge >= 0.3 is 16.2 Å². The molecule has 1 aliphatic rings. The summed E-state index contributed by atoms with van der Waals surface area (Å²) < 4.78 is 33.5. The summed E-state index contributed by atoms with van der Waals surface area (Å²) in [4.78, 5) is 20.2. The van der Waals surface area contributed by atoms with E-state index in [1.54, 1.807) is 6.20 Å². The third-order valence-corrected chi connectivity index (χ3v) is 7.38. The van der Waals surface area contributed by atoms with Gasteiger partial charge in [0.05, 0.1) is 37.5 Å². The SMILES string of the molecule is CNc1cccnc1CCOc1ccc(CC(CC(=O)O)C2=NCCN2S(=O)(=O)N(C)C)cc1. The highest BCUT2D eigenvalue weighted by Crippen LogP contribution is 2.24. The van der Waals surface area contributed by atoms with E-state index < -0.39 is 22.1 Å². The van der Waals surface area contributed by atoms with E-state index >= 15 is 0 Å². The lowest BCUT2D eigenvalue weighted by atomic mass is 9.95. The quantitative estimate of drug-likeness (QED) is 0.467. The monoisotopic (exact) mass is 489 g/mol. The highest BCUT2D eigenvalue weighted by molar-refractivity contribution is 7.87. The first-order chi connectivity index (χ1) is 16.2. The molecule has 0 radical (unpaired) electrons. The van der Waals surface area contributed by atoms with Crippen LogP contribution in [-0.2, 0) is 27.8 Å². The highest BCUT2D eigenvalue weighted by Gasteiger charge is 2.35. The lowest BCUT2D eigenvalue weighted by molar-refractivity contribution is -0.137. The molecule has 0 aliphatic carbocycles. The van der Waals surface area contributed by atoms with Crippen molar-refractivity contribution in [1.82, 2.24) is 13.6 Å². The van der Waals surface area contributed by atoms with Gasteiger partial charge in [-0.25, -0.2) is 4.31 Å². The zero-order valence-corrected chi connectivity index (χ0v) is 20.5. The van der Waals surface area contributed by atoms with E-state index in [1.165, 1.54) is 18.4 Å². The summed E-state index contributed by atoms with van der Waals surface area (Å²) >= 11 is 0. The summed E-state index contributed by atoms with van der Waals surface area (Å²) in [5, 5.41) is 12.5. The van der Waals surface area contributed by atoms with Crippen LogP contribution in [0.15, 0.2) is 47.6 Å². The lowest BCUT2D eigenvalue weighted by Gasteiger charge is -2.28. The van der Waals surface area contributed by atoms with Crippen molar-refractivity contribution in [2.24, 2.45) is 10.9 Å². The Balaban J connectivity index is 1.66. The zero-order valence-electron chi connectivity index (χ0n) is 19.6. The third-order valence-electron chi connectivity index (χ3n) is 5.53. The van der Waals surface area contributed by atoms with E-state index in [0.717, 1.165) is 21.2 Å². The molecule has 3 rings (SSSR count). The second-order valence-electron chi connectivity index (χ2n) is 8.09. The number of rotatable bonds is 12. The normalized spacial score (nSPS) is 14.7. The van der Waals surface area contributed by atoms with Crippen LogP contribution in [0.5, 0.6) is 5.75 Å². The number of nitrogens with one attached hydrogen (secondary N) is 1. The molecule has 0 amide bonds. The second-order valence-corrected chi connectivity index (χ2v) is 10.2. The van der Waals surface area contributed by atoms with E-state index in [-0.39, 0.29) is 13.0 Å². The van der Waals surface area contributed by atoms with Crippen molar-refractivity contribution in [2.75, 3.05) is 46.2 Å². The van der Waals surface area contributed by atoms with Crippen molar-refractivity contribution < 1.29 is 23.1 Å². The third kappa shape index (κ3) is 6.23. The Bertz CT molecular complexity index is 1120. The zero-order chi connectivity index (χ0) is 24.7. The molecule has 34 heavy (non-hydrogen) atoms. The van der Waals surface area contributed by atoms with Gasteiger partial charge < -0.3 is 15.2 Å². The molecule has 0 saturated heterocycles. The number of amidine groups is 1. The molecule has 1 aromatic heterocycles. The van der Waals surface area contributed by atoms with Gasteiger partial charge in [0, 0.05) is 39.7 Å². The summed E-state index contributed by atoms with van der Waals surface area (Å²) in [5.41, 5.74) is 2.76. The molecule has 1 aliphatic heterocycles. The number of nitrogens with zero attached hydrogens (tertiary/aromatic N) is 4. The lowest BCUT2D eigenvalue weighted by Crippen LogP contribution is -2.45. The fourth-order valence-corrected chi connectivity index (χ4v) is 4.96. The van der Waals surface area contributed by atoms with Crippen LogP contribution in [0.2, 0.25) is 0 Å². The number of carbonyl (C=O) groups is 1. The van der Waals surface area contributed by atoms with Crippen LogP contribution in [0.3, 0.4) is 0 Å². The van der Waals surface area contributed by atoms with Crippen LogP contribution in [0.4, 0.5) is 5.69 Å². The first-order valence-corrected chi connectivity index (χ1v) is 12.4. The van der Waals surface area contributed by atoms with E-state index in [0.29, 0.717) is 37.6 Å². The highest BCUT2D eigenvalue weighted by atomic mass is 32.2. The molecule has 0 bridgehead atoms. The van der Waals surface area contributed by atoms with E-state index in [4.69, 9.17) is 4.74 Å². The number of benzene rings is 1. The summed E-state index contributed by atoms with van der Waals surface area (Å²) in [7, 11) is 1.02. The molecule has 0 spiro atoms. The molecule has 2 heterocycles. The minimum Gasteiger partial charge on any atom is -0.493 e. The number of carboxylic acid groups (broad SMARTS) is 1. The van der Waals surface area contributed by atoms with Crippen LogP contribution in [0.25, 0.3) is 0 Å². The fraction of sp³-hybridized carbons (Fsp3) is 0.435. The molecule has 1 atom stereocenters. The number of hydrogen-bond donors (Lipinski definition) is 2. The van der Waals surface area contributed by atoms with Crippen molar-refractivity contribution in [3.63, 3.8) is 0 Å². The van der Waals surface area contributed by atoms with Crippen LogP contribution in [-0.4, -0.2) is 79.8 Å². The van der Waals surface area contributed by atoms with Crippen LogP contribution < -0.4 is 10.1 Å². The van der Waals surface area contributed by atoms with Gasteiger partial charge in [-0.3, -0.25) is 14.8 Å². The van der Waals surface area contributed by atoms with Crippen LogP contribution >= 0.6 is 0 Å². The van der Waals surface area contributed by atoms with Crippen molar-refractivity contribution in [2.45, 2.75) is 19.3 Å². The van der Waals surface area contributed by atoms with Crippen LogP contribution in [0, 0.1) is 5.92 Å². The van der Waals surface area contributed by atoms with Gasteiger partial charge in [0.15, 0.2) is 0 Å². The Morgan fingerprint density at radius 2 is 2.00 bits per heavy atom. The Kier molecular flexibility index (Phi) is 8.46. The minimum absolute atomic E-state index is 0.213. The number of ether oxygens (including phenoxy) is 1. The van der Waals surface area contributed by atoms with Crippen molar-refractivity contribution in [3.8, 4) is 5.75 Å². The number of anilines is 1. The van der Waals surface area contributed by atoms with Crippen molar-refractivity contribution in [3.05, 3.63) is 53.9 Å². The first-order valence-electron chi connectivity index (χ1n) is 11.0. The number of aliphatic carboxylic acids is 1. The number of carboxylic acids is 1. The predicted octanol–water partition coefficient (Wildman–Crippen LogP) is 1.90. The Labute approximate surface area is 200 Å². The van der Waals surface area contributed by atoms with Gasteiger partial charge in [-0.15, -0.1) is 0 Å². The largest absolute Gasteiger partial charge is 0.493 e. The average Bonchev–Trinajstić information content (AvgIpc) is 3.30. The van der Waals surface area contributed by atoms with Gasteiger partial charge in [-0.05, 0) is 36.2 Å². The van der Waals surface area contributed by atoms with Gasteiger partial charge in [0.2, 0.25) is 0 Å². The maximum absolute atomic E-state index is 12.7. The standard InChI is InChI=1S/C23H31N5O5S/c1-24-20-5-4-11-25-21(20)10-14-33-19-8-6-17(7-9-19)15-18(16-22(29)30)23-26-12-13-28(23)34(31,32)27(2)3/h4-9,11,18,24H,10,12-16H2,1-3H3,(H,29,30). The van der Waals surface area contributed by atoms with E-state index in [1.807, 2.05) is 43.4 Å². The molecule has 11 heteroatoms. The van der Waals surface area contributed by atoms with E-state index in [9.17, 15) is 18.3 Å². The molecule has 10 nitrogen and oxygen atoms in total. The number of hydrogen-bond acceptors (Lipinski definition) is 7. The summed E-state index contributed by atoms with van der Waals surface area (Å²) in [5.74, 6) is -0.578. The predicted molar refractivity (Wildman–Crippen MR) is 130 cm³/mol. The summed E-state index contributed by atoms with van der Waals surface area (Å²) in [6, 6.07) is 11.2. The van der Waals surface area contributed by atoms with Gasteiger partial charge in [-0.2, -0.15) is 12.7 Å². The molecule has 1 unspecified atom stereocenters. The molecule has 1 aromatic carbocycles. The number of aliphatic imine (C=N–C) groups is 1. The van der Waals surface area contributed by atoms with Gasteiger partial charge in [0.25, 0.3) is 0 Å². The number of aromatic nitrogens is 1. The van der Waals surface area contributed by atoms with Gasteiger partial charge in [-0.1, -0.05) is 12.1 Å². The average molecular weight is 490 g/mol. The smallest absolute Gasteiger partial charge is 0.304 e.